The molecule has 2 N–H and O–H groups in total. The molecule has 2 aromatic carbocycles. The second-order valence-electron chi connectivity index (χ2n) is 5.28. The van der Waals surface area contributed by atoms with E-state index in [0.29, 0.717) is 11.4 Å². The number of para-hydroxylation sites is 1. The van der Waals surface area contributed by atoms with E-state index in [1.807, 2.05) is 36.4 Å². The molecule has 3 rings (SSSR count). The highest BCUT2D eigenvalue weighted by Gasteiger charge is 2.06. The van der Waals surface area contributed by atoms with Gasteiger partial charge in [0.05, 0.1) is 18.3 Å². The second kappa shape index (κ2) is 7.37. The molecule has 0 spiro atoms. The first-order valence-electron chi connectivity index (χ1n) is 7.51. The van der Waals surface area contributed by atoms with Crippen molar-refractivity contribution in [3.8, 4) is 0 Å². The van der Waals surface area contributed by atoms with Gasteiger partial charge >= 0.3 is 0 Å². The monoisotopic (exact) mass is 321 g/mol. The Morgan fingerprint density at radius 3 is 2.50 bits per heavy atom. The molecule has 0 aliphatic carbocycles. The average Bonchev–Trinajstić information content (AvgIpc) is 2.57. The summed E-state index contributed by atoms with van der Waals surface area (Å²) in [5.74, 6) is -0.137. The van der Waals surface area contributed by atoms with E-state index in [1.54, 1.807) is 24.4 Å². The second-order valence-corrected chi connectivity index (χ2v) is 5.28. The number of pyridine rings is 1. The molecule has 4 nitrogen and oxygen atoms in total. The number of aromatic nitrogens is 1. The maximum absolute atomic E-state index is 13.1. The smallest absolute Gasteiger partial charge is 0.229 e. The Morgan fingerprint density at radius 2 is 1.79 bits per heavy atom. The van der Waals surface area contributed by atoms with E-state index in [0.717, 1.165) is 11.4 Å². The van der Waals surface area contributed by atoms with E-state index in [9.17, 15) is 9.18 Å². The number of nitrogens with zero attached hydrogens (tertiary/aromatic N) is 1. The molecular weight excluding hydrogens is 305 g/mol. The summed E-state index contributed by atoms with van der Waals surface area (Å²) in [5, 5.41) is 5.91. The van der Waals surface area contributed by atoms with Crippen molar-refractivity contribution in [2.45, 2.75) is 6.42 Å². The van der Waals surface area contributed by atoms with Gasteiger partial charge in [0.2, 0.25) is 5.91 Å². The molecule has 5 heteroatoms. The largest absolute Gasteiger partial charge is 0.354 e. The fourth-order valence-corrected chi connectivity index (χ4v) is 2.25. The number of carbonyl (C=O) groups is 1. The Hall–Kier alpha value is -3.21. The number of hydrogen-bond acceptors (Lipinski definition) is 3. The lowest BCUT2D eigenvalue weighted by atomic mass is 10.1. The van der Waals surface area contributed by atoms with Crippen LogP contribution < -0.4 is 10.6 Å². The molecule has 0 unspecified atom stereocenters. The SMILES string of the molecule is O=C(Cc1cccc(F)c1)Nc1ccc(Nc2ccccc2)cn1. The molecule has 1 heterocycles. The summed E-state index contributed by atoms with van der Waals surface area (Å²) in [5.41, 5.74) is 2.40. The average molecular weight is 321 g/mol. The molecule has 24 heavy (non-hydrogen) atoms. The Kier molecular flexibility index (Phi) is 4.81. The third-order valence-electron chi connectivity index (χ3n) is 3.35. The summed E-state index contributed by atoms with van der Waals surface area (Å²) in [6, 6.07) is 19.3. The van der Waals surface area contributed by atoms with Crippen LogP contribution in [0.25, 0.3) is 0 Å². The van der Waals surface area contributed by atoms with Crippen LogP contribution in [0.4, 0.5) is 21.6 Å². The molecule has 0 radical (unpaired) electrons. The quantitative estimate of drug-likeness (QED) is 0.742. The van der Waals surface area contributed by atoms with Gasteiger partial charge in [0, 0.05) is 5.69 Å². The summed E-state index contributed by atoms with van der Waals surface area (Å²) in [6.45, 7) is 0. The zero-order valence-corrected chi connectivity index (χ0v) is 12.9. The molecular formula is C19H16FN3O. The molecule has 1 amide bonds. The minimum atomic E-state index is -0.352. The van der Waals surface area contributed by atoms with Crippen molar-refractivity contribution in [1.29, 1.82) is 0 Å². The van der Waals surface area contributed by atoms with E-state index in [1.165, 1.54) is 12.1 Å². The number of halogens is 1. The fraction of sp³-hybridized carbons (Fsp3) is 0.0526. The van der Waals surface area contributed by atoms with Gasteiger partial charge in [-0.3, -0.25) is 4.79 Å². The van der Waals surface area contributed by atoms with Crippen LogP contribution in [0, 0.1) is 5.82 Å². The fourth-order valence-electron chi connectivity index (χ4n) is 2.25. The normalized spacial score (nSPS) is 10.2. The lowest BCUT2D eigenvalue weighted by Crippen LogP contribution is -2.15. The van der Waals surface area contributed by atoms with Crippen LogP contribution in [0.3, 0.4) is 0 Å². The summed E-state index contributed by atoms with van der Waals surface area (Å²) >= 11 is 0. The molecule has 0 saturated carbocycles. The lowest BCUT2D eigenvalue weighted by Gasteiger charge is -2.08. The Balaban J connectivity index is 1.58. The van der Waals surface area contributed by atoms with Crippen LogP contribution in [0.15, 0.2) is 72.9 Å². The number of nitrogens with one attached hydrogen (secondary N) is 2. The van der Waals surface area contributed by atoms with Crippen LogP contribution in [0.5, 0.6) is 0 Å². The first kappa shape index (κ1) is 15.7. The maximum Gasteiger partial charge on any atom is 0.229 e. The van der Waals surface area contributed by atoms with Gasteiger partial charge in [-0.25, -0.2) is 9.37 Å². The van der Waals surface area contributed by atoms with E-state index < -0.39 is 0 Å². The van der Waals surface area contributed by atoms with Crippen LogP contribution in [-0.4, -0.2) is 10.9 Å². The molecule has 0 atom stereocenters. The predicted octanol–water partition coefficient (Wildman–Crippen LogP) is 4.15. The summed E-state index contributed by atoms with van der Waals surface area (Å²) in [7, 11) is 0. The van der Waals surface area contributed by atoms with Crippen LogP contribution in [0.1, 0.15) is 5.56 Å². The molecule has 0 saturated heterocycles. The summed E-state index contributed by atoms with van der Waals surface area (Å²) in [4.78, 5) is 16.2. The highest BCUT2D eigenvalue weighted by molar-refractivity contribution is 5.91. The predicted molar refractivity (Wildman–Crippen MR) is 92.7 cm³/mol. The van der Waals surface area contributed by atoms with E-state index in [-0.39, 0.29) is 18.1 Å². The van der Waals surface area contributed by atoms with Crippen LogP contribution in [0.2, 0.25) is 0 Å². The topological polar surface area (TPSA) is 54.0 Å². The van der Waals surface area contributed by atoms with Crippen molar-refractivity contribution in [2.24, 2.45) is 0 Å². The number of anilines is 3. The Bertz CT molecular complexity index is 820. The van der Waals surface area contributed by atoms with Gasteiger partial charge in [-0.1, -0.05) is 30.3 Å². The van der Waals surface area contributed by atoms with E-state index in [2.05, 4.69) is 15.6 Å². The van der Waals surface area contributed by atoms with Crippen molar-refractivity contribution in [3.63, 3.8) is 0 Å². The molecule has 0 aliphatic heterocycles. The lowest BCUT2D eigenvalue weighted by molar-refractivity contribution is -0.115. The number of hydrogen-bond donors (Lipinski definition) is 2. The van der Waals surface area contributed by atoms with Gasteiger partial charge in [-0.2, -0.15) is 0 Å². The van der Waals surface area contributed by atoms with Gasteiger partial charge in [0.15, 0.2) is 0 Å². The summed E-state index contributed by atoms with van der Waals surface area (Å²) < 4.78 is 13.1. The maximum atomic E-state index is 13.1. The van der Waals surface area contributed by atoms with E-state index in [4.69, 9.17) is 0 Å². The molecule has 3 aromatic rings. The number of benzene rings is 2. The minimum Gasteiger partial charge on any atom is -0.354 e. The van der Waals surface area contributed by atoms with Gasteiger partial charge in [-0.15, -0.1) is 0 Å². The first-order valence-corrected chi connectivity index (χ1v) is 7.51. The molecule has 0 bridgehead atoms. The van der Waals surface area contributed by atoms with Crippen molar-refractivity contribution in [3.05, 3.63) is 84.3 Å². The summed E-state index contributed by atoms with van der Waals surface area (Å²) in [6.07, 6.45) is 1.74. The van der Waals surface area contributed by atoms with E-state index >= 15 is 0 Å². The van der Waals surface area contributed by atoms with Crippen molar-refractivity contribution in [1.82, 2.24) is 4.98 Å². The third-order valence-corrected chi connectivity index (χ3v) is 3.35. The molecule has 1 aromatic heterocycles. The number of rotatable bonds is 5. The number of amides is 1. The zero-order valence-electron chi connectivity index (χ0n) is 12.9. The Labute approximate surface area is 139 Å². The van der Waals surface area contributed by atoms with Gasteiger partial charge in [0.25, 0.3) is 0 Å². The highest BCUT2D eigenvalue weighted by atomic mass is 19.1. The van der Waals surface area contributed by atoms with Crippen LogP contribution >= 0.6 is 0 Å². The van der Waals surface area contributed by atoms with Gasteiger partial charge in [0.1, 0.15) is 11.6 Å². The standard InChI is InChI=1S/C19H16FN3O/c20-15-6-4-5-14(11-15)12-19(24)23-18-10-9-17(13-21-18)22-16-7-2-1-3-8-16/h1-11,13,22H,12H2,(H,21,23,24). The van der Waals surface area contributed by atoms with Crippen molar-refractivity contribution >= 4 is 23.1 Å². The van der Waals surface area contributed by atoms with Crippen LogP contribution in [-0.2, 0) is 11.2 Å². The number of carbonyl (C=O) groups excluding carboxylic acids is 1. The third kappa shape index (κ3) is 4.39. The van der Waals surface area contributed by atoms with Crippen molar-refractivity contribution in [2.75, 3.05) is 10.6 Å². The minimum absolute atomic E-state index is 0.101. The molecule has 0 fully saturated rings. The molecule has 0 aliphatic rings. The highest BCUT2D eigenvalue weighted by Crippen LogP contribution is 2.16. The van der Waals surface area contributed by atoms with Gasteiger partial charge in [-0.05, 0) is 42.0 Å². The first-order chi connectivity index (χ1) is 11.7. The van der Waals surface area contributed by atoms with Crippen molar-refractivity contribution < 1.29 is 9.18 Å². The Morgan fingerprint density at radius 1 is 0.958 bits per heavy atom. The molecule has 120 valence electrons. The zero-order chi connectivity index (χ0) is 16.8. The van der Waals surface area contributed by atoms with Gasteiger partial charge < -0.3 is 10.6 Å².